The molecule has 0 unspecified atom stereocenters. The summed E-state index contributed by atoms with van der Waals surface area (Å²) in [7, 11) is 1.61. The first kappa shape index (κ1) is 19.6. The number of halogens is 4. The third kappa shape index (κ3) is 5.93. The van der Waals surface area contributed by atoms with E-state index < -0.39 is 11.7 Å². The van der Waals surface area contributed by atoms with Crippen molar-refractivity contribution in [2.24, 2.45) is 0 Å². The molecule has 7 heteroatoms. The van der Waals surface area contributed by atoms with Gasteiger partial charge >= 0.3 is 6.18 Å². The lowest BCUT2D eigenvalue weighted by molar-refractivity contribution is -0.137. The second-order valence-corrected chi connectivity index (χ2v) is 6.39. The molecule has 1 N–H and O–H groups in total. The smallest absolute Gasteiger partial charge is 0.416 e. The zero-order valence-corrected chi connectivity index (χ0v) is 15.4. The van der Waals surface area contributed by atoms with Gasteiger partial charge in [0.15, 0.2) is 0 Å². The SMILES string of the molecule is COc1cccc([C@@H](C)NCCOc2cc(Br)cc(C(F)(F)F)c2)c1. The highest BCUT2D eigenvalue weighted by molar-refractivity contribution is 9.10. The molecule has 136 valence electrons. The van der Waals surface area contributed by atoms with Crippen molar-refractivity contribution in [2.75, 3.05) is 20.3 Å². The van der Waals surface area contributed by atoms with Crippen LogP contribution in [0.4, 0.5) is 13.2 Å². The molecular formula is C18H19BrF3NO2. The van der Waals surface area contributed by atoms with Crippen LogP contribution >= 0.6 is 15.9 Å². The average Bonchev–Trinajstić information content (AvgIpc) is 2.57. The number of rotatable bonds is 7. The van der Waals surface area contributed by atoms with Crippen LogP contribution in [0.1, 0.15) is 24.1 Å². The van der Waals surface area contributed by atoms with Crippen molar-refractivity contribution < 1.29 is 22.6 Å². The second-order valence-electron chi connectivity index (χ2n) is 5.47. The van der Waals surface area contributed by atoms with Gasteiger partial charge in [-0.2, -0.15) is 13.2 Å². The van der Waals surface area contributed by atoms with E-state index in [-0.39, 0.29) is 18.4 Å². The van der Waals surface area contributed by atoms with Gasteiger partial charge in [-0.05, 0) is 42.8 Å². The minimum absolute atomic E-state index is 0.0620. The molecule has 0 radical (unpaired) electrons. The van der Waals surface area contributed by atoms with Crippen molar-refractivity contribution in [2.45, 2.75) is 19.1 Å². The highest BCUT2D eigenvalue weighted by Crippen LogP contribution is 2.34. The minimum Gasteiger partial charge on any atom is -0.497 e. The number of ether oxygens (including phenoxy) is 2. The number of hydrogen-bond donors (Lipinski definition) is 1. The maximum atomic E-state index is 12.8. The van der Waals surface area contributed by atoms with Crippen LogP contribution in [0.2, 0.25) is 0 Å². The summed E-state index contributed by atoms with van der Waals surface area (Å²) in [5.41, 5.74) is 0.316. The molecule has 2 aromatic rings. The van der Waals surface area contributed by atoms with Crippen molar-refractivity contribution in [3.05, 3.63) is 58.1 Å². The highest BCUT2D eigenvalue weighted by atomic mass is 79.9. The average molecular weight is 418 g/mol. The van der Waals surface area contributed by atoms with Gasteiger partial charge < -0.3 is 14.8 Å². The summed E-state index contributed by atoms with van der Waals surface area (Å²) < 4.78 is 49.3. The third-order valence-corrected chi connectivity index (χ3v) is 4.07. The van der Waals surface area contributed by atoms with Crippen molar-refractivity contribution in [3.63, 3.8) is 0 Å². The van der Waals surface area contributed by atoms with Crippen LogP contribution in [0.15, 0.2) is 46.9 Å². The first-order valence-electron chi connectivity index (χ1n) is 7.67. The van der Waals surface area contributed by atoms with Gasteiger partial charge in [-0.25, -0.2) is 0 Å². The summed E-state index contributed by atoms with van der Waals surface area (Å²) in [4.78, 5) is 0. The van der Waals surface area contributed by atoms with Crippen molar-refractivity contribution >= 4 is 15.9 Å². The molecule has 0 aliphatic rings. The molecule has 1 atom stereocenters. The molecule has 0 aromatic heterocycles. The van der Waals surface area contributed by atoms with Crippen LogP contribution < -0.4 is 14.8 Å². The summed E-state index contributed by atoms with van der Waals surface area (Å²) in [5, 5.41) is 3.27. The lowest BCUT2D eigenvalue weighted by Crippen LogP contribution is -2.24. The van der Waals surface area contributed by atoms with Gasteiger partial charge in [0.2, 0.25) is 0 Å². The Morgan fingerprint density at radius 3 is 2.56 bits per heavy atom. The molecule has 0 amide bonds. The molecule has 0 aliphatic carbocycles. The Balaban J connectivity index is 1.87. The third-order valence-electron chi connectivity index (χ3n) is 3.61. The predicted molar refractivity (Wildman–Crippen MR) is 94.1 cm³/mol. The summed E-state index contributed by atoms with van der Waals surface area (Å²) in [6, 6.07) is 11.3. The maximum absolute atomic E-state index is 12.8. The Labute approximate surface area is 153 Å². The van der Waals surface area contributed by atoms with Crippen LogP contribution in [0, 0.1) is 0 Å². The van der Waals surface area contributed by atoms with E-state index in [2.05, 4.69) is 21.2 Å². The van der Waals surface area contributed by atoms with Crippen molar-refractivity contribution in [1.29, 1.82) is 0 Å². The number of hydrogen-bond acceptors (Lipinski definition) is 3. The van der Waals surface area contributed by atoms with E-state index in [0.29, 0.717) is 11.0 Å². The van der Waals surface area contributed by atoms with Crippen LogP contribution in [-0.2, 0) is 6.18 Å². The first-order valence-corrected chi connectivity index (χ1v) is 8.47. The van der Waals surface area contributed by atoms with Crippen LogP contribution in [0.5, 0.6) is 11.5 Å². The van der Waals surface area contributed by atoms with Gasteiger partial charge in [-0.15, -0.1) is 0 Å². The molecular weight excluding hydrogens is 399 g/mol. The molecule has 0 heterocycles. The van der Waals surface area contributed by atoms with E-state index in [1.54, 1.807) is 7.11 Å². The standard InChI is InChI=1S/C18H19BrF3NO2/c1-12(13-4-3-5-16(8-13)24-2)23-6-7-25-17-10-14(18(20,21)22)9-15(19)11-17/h3-5,8-12,23H,6-7H2,1-2H3/t12-/m1/s1. The Bertz CT molecular complexity index is 707. The zero-order chi connectivity index (χ0) is 18.4. The van der Waals surface area contributed by atoms with Gasteiger partial charge in [0.25, 0.3) is 0 Å². The number of alkyl halides is 3. The van der Waals surface area contributed by atoms with E-state index in [1.807, 2.05) is 31.2 Å². The fourth-order valence-corrected chi connectivity index (χ4v) is 2.75. The monoisotopic (exact) mass is 417 g/mol. The number of methoxy groups -OCH3 is 1. The fourth-order valence-electron chi connectivity index (χ4n) is 2.28. The Kier molecular flexibility index (Phi) is 6.72. The zero-order valence-electron chi connectivity index (χ0n) is 13.9. The van der Waals surface area contributed by atoms with Gasteiger partial charge in [-0.1, -0.05) is 28.1 Å². The van der Waals surface area contributed by atoms with Crippen molar-refractivity contribution in [1.82, 2.24) is 5.32 Å². The highest BCUT2D eigenvalue weighted by Gasteiger charge is 2.31. The number of benzene rings is 2. The number of nitrogens with one attached hydrogen (secondary N) is 1. The maximum Gasteiger partial charge on any atom is 0.416 e. The van der Waals surface area contributed by atoms with Crippen LogP contribution in [0.3, 0.4) is 0 Å². The minimum atomic E-state index is -4.40. The van der Waals surface area contributed by atoms with E-state index in [1.165, 1.54) is 6.07 Å². The van der Waals surface area contributed by atoms with Gasteiger partial charge in [-0.3, -0.25) is 0 Å². The lowest BCUT2D eigenvalue weighted by Gasteiger charge is -2.16. The molecule has 0 saturated carbocycles. The van der Waals surface area contributed by atoms with Crippen molar-refractivity contribution in [3.8, 4) is 11.5 Å². The summed E-state index contributed by atoms with van der Waals surface area (Å²) in [5.74, 6) is 0.953. The van der Waals surface area contributed by atoms with Gasteiger partial charge in [0, 0.05) is 17.1 Å². The molecule has 0 aliphatic heterocycles. The Morgan fingerprint density at radius 2 is 1.88 bits per heavy atom. The topological polar surface area (TPSA) is 30.5 Å². The lowest BCUT2D eigenvalue weighted by atomic mass is 10.1. The molecule has 2 aromatic carbocycles. The Hall–Kier alpha value is -1.73. The molecule has 0 saturated heterocycles. The van der Waals surface area contributed by atoms with Crippen LogP contribution in [0.25, 0.3) is 0 Å². The summed E-state index contributed by atoms with van der Waals surface area (Å²) in [6.45, 7) is 2.74. The van der Waals surface area contributed by atoms with Crippen LogP contribution in [-0.4, -0.2) is 20.3 Å². The molecule has 25 heavy (non-hydrogen) atoms. The fraction of sp³-hybridized carbons (Fsp3) is 0.333. The quantitative estimate of drug-likeness (QED) is 0.627. The van der Waals surface area contributed by atoms with Gasteiger partial charge in [0.1, 0.15) is 18.1 Å². The molecule has 2 rings (SSSR count). The van der Waals surface area contributed by atoms with E-state index in [9.17, 15) is 13.2 Å². The molecule has 0 bridgehead atoms. The second kappa shape index (κ2) is 8.58. The molecule has 0 fully saturated rings. The van der Waals surface area contributed by atoms with E-state index >= 15 is 0 Å². The summed E-state index contributed by atoms with van der Waals surface area (Å²) >= 11 is 3.07. The van der Waals surface area contributed by atoms with E-state index in [4.69, 9.17) is 9.47 Å². The molecule has 3 nitrogen and oxygen atoms in total. The normalized spacial score (nSPS) is 12.7. The Morgan fingerprint density at radius 1 is 1.12 bits per heavy atom. The first-order chi connectivity index (χ1) is 11.8. The van der Waals surface area contributed by atoms with Gasteiger partial charge in [0.05, 0.1) is 12.7 Å². The molecule has 0 spiro atoms. The van der Waals surface area contributed by atoms with E-state index in [0.717, 1.165) is 23.4 Å². The summed E-state index contributed by atoms with van der Waals surface area (Å²) in [6.07, 6.45) is -4.40. The predicted octanol–water partition coefficient (Wildman–Crippen LogP) is 5.21. The largest absolute Gasteiger partial charge is 0.497 e.